The van der Waals surface area contributed by atoms with E-state index in [1.807, 2.05) is 55.5 Å². The molecule has 9 atom stereocenters. The Morgan fingerprint density at radius 2 is 0.871 bits per heavy atom. The van der Waals surface area contributed by atoms with Gasteiger partial charge in [0.2, 0.25) is 41.2 Å². The Morgan fingerprint density at radius 1 is 0.457 bits per heavy atom. The lowest BCUT2D eigenvalue weighted by Gasteiger charge is -2.31. The number of fused-ring (bicyclic) bond motifs is 20. The van der Waals surface area contributed by atoms with Crippen molar-refractivity contribution in [3.05, 3.63) is 191 Å². The summed E-state index contributed by atoms with van der Waals surface area (Å²) >= 11 is 0. The van der Waals surface area contributed by atoms with Crippen LogP contribution in [0.25, 0.3) is 0 Å². The van der Waals surface area contributed by atoms with Crippen LogP contribution < -0.4 is 52.0 Å². The zero-order chi connectivity index (χ0) is 83.2. The number of carbonyl (C=O) groups is 13. The zero-order valence-electron chi connectivity index (χ0n) is 66.7. The largest absolute Gasteiger partial charge is 0.457 e. The Balaban J connectivity index is 0.000000265. The maximum Gasteiger partial charge on any atom is 0.329 e. The smallest absolute Gasteiger partial charge is 0.329 e. The molecule has 8 bridgehead atoms. The van der Waals surface area contributed by atoms with Crippen LogP contribution >= 0.6 is 0 Å². The topological polar surface area (TPSA) is 382 Å². The van der Waals surface area contributed by atoms with Crippen LogP contribution in [-0.2, 0) is 97.5 Å². The van der Waals surface area contributed by atoms with E-state index in [0.717, 1.165) is 49.7 Å². The fraction of sp³-hybridized carbons (Fsp3) is 0.443. The summed E-state index contributed by atoms with van der Waals surface area (Å²) in [4.78, 5) is 177. The molecule has 9 N–H and O–H groups in total. The van der Waals surface area contributed by atoms with Crippen LogP contribution in [0.4, 0.5) is 0 Å². The van der Waals surface area contributed by atoms with Crippen molar-refractivity contribution in [2.24, 2.45) is 11.8 Å². The van der Waals surface area contributed by atoms with Crippen molar-refractivity contribution in [2.75, 3.05) is 41.3 Å². The van der Waals surface area contributed by atoms with Gasteiger partial charge in [-0.25, -0.2) is 9.59 Å². The van der Waals surface area contributed by atoms with E-state index in [4.69, 9.17) is 18.9 Å². The summed E-state index contributed by atoms with van der Waals surface area (Å²) in [7, 11) is 6.23. The van der Waals surface area contributed by atoms with Gasteiger partial charge in [0.1, 0.15) is 47.2 Å². The minimum Gasteiger partial charge on any atom is -0.457 e. The molecule has 28 nitrogen and oxygen atoms in total. The van der Waals surface area contributed by atoms with Crippen molar-refractivity contribution in [1.29, 1.82) is 0 Å². The number of rotatable bonds is 24. The second-order valence-electron chi connectivity index (χ2n) is 30.2. The zero-order valence-corrected chi connectivity index (χ0v) is 66.7. The Morgan fingerprint density at radius 3 is 1.28 bits per heavy atom. The van der Waals surface area contributed by atoms with Gasteiger partial charge in [-0.05, 0) is 145 Å². The first-order valence-electron chi connectivity index (χ1n) is 40.0. The molecule has 28 heteroatoms. The van der Waals surface area contributed by atoms with Crippen LogP contribution in [0.1, 0.15) is 162 Å². The first kappa shape index (κ1) is 88.1. The Kier molecular flexibility index (Phi) is 33.6. The van der Waals surface area contributed by atoms with Gasteiger partial charge in [0.25, 0.3) is 23.6 Å². The minimum atomic E-state index is -1.78. The standard InChI is InChI=1S/C44H55N5O9.C44H53N5O9/c2*1-4-12-34(40(52)42(54)45-27-37(51)48-38(43(55)49(2)3)30-14-7-5-8-15-30)46-41(53)35-26-29-13-11-18-33(25-29)57-32-22-19-28(20-23-32)21-24-36(50)47-39(44(56)58-35)31-16-9-6-10-17-31/h5,7-8,11,13-15,18-20,22-23,25,31,34-35,38-40,52H,4,6,9-10,12,16-17,21,24,26-27H2,1-3H3,(H,45,54)(H,46,53)(H,47,50)(H,48,51);5,7-8,11,13-15,18-20,22-23,25,31,34-35,38-39H,4,6,9-10,12,16-17,21,24,26-27H2,1-3H3,(H,45,54)(H,46,53)(H,47,50)(H,48,51)/t34?,35-,38-,39-,40?;34?,35-,38-,39-/m00/s1. The number of likely N-dealkylation sites (N-methyl/N-ethyl adjacent to an activating group) is 2. The predicted octanol–water partition coefficient (Wildman–Crippen LogP) is 7.51. The van der Waals surface area contributed by atoms with Crippen molar-refractivity contribution < 1.29 is 86.4 Å². The number of esters is 2. The third-order valence-corrected chi connectivity index (χ3v) is 20.8. The van der Waals surface area contributed by atoms with Crippen LogP contribution in [0, 0.1) is 11.8 Å². The summed E-state index contributed by atoms with van der Waals surface area (Å²) in [6.45, 7) is 2.42. The molecule has 0 saturated heterocycles. The third kappa shape index (κ3) is 26.6. The molecule has 2 fully saturated rings. The Hall–Kier alpha value is -11.8. The molecule has 6 aliphatic rings. The maximum absolute atomic E-state index is 14.2. The molecule has 116 heavy (non-hydrogen) atoms. The molecule has 2 aliphatic carbocycles. The number of carbonyl (C=O) groups excluding carboxylic acids is 13. The van der Waals surface area contributed by atoms with Crippen LogP contribution in [0.15, 0.2) is 158 Å². The SMILES string of the molecule is CCCC(NC(=O)[C@@H]1Cc2cccc(c2)Oc2ccc(cc2)CCC(=O)N[C@@H](C2CCCCC2)C(=O)O1)C(=O)C(=O)NCC(=O)N[C@H](C(=O)N(C)C)c1ccccc1.CCCC(NC(=O)[C@@H]1Cc2cccc(c2)Oc2ccc(cc2)CCC(=O)N[C@@H](C2CCCCC2)C(=O)O1)C(O)C(=O)NCC(=O)N[C@H](C(=O)N(C)C)c1ccccc1. The minimum absolute atomic E-state index is 0.0704. The molecule has 6 aromatic carbocycles. The number of aliphatic hydroxyl groups excluding tert-OH is 1. The summed E-state index contributed by atoms with van der Waals surface area (Å²) in [6.07, 6.45) is 5.89. The monoisotopic (exact) mass is 1590 g/mol. The van der Waals surface area contributed by atoms with E-state index in [-0.39, 0.29) is 68.1 Å². The number of aliphatic hydroxyl groups is 1. The van der Waals surface area contributed by atoms with Crippen molar-refractivity contribution >= 4 is 76.8 Å². The molecule has 0 radical (unpaired) electrons. The number of ether oxygens (including phenoxy) is 4. The van der Waals surface area contributed by atoms with E-state index in [1.165, 1.54) is 9.80 Å². The van der Waals surface area contributed by atoms with E-state index in [0.29, 0.717) is 96.6 Å². The molecule has 6 aromatic rings. The fourth-order valence-electron chi connectivity index (χ4n) is 14.5. The second kappa shape index (κ2) is 44.2. The van der Waals surface area contributed by atoms with Crippen LogP contribution in [-0.4, -0.2) is 175 Å². The van der Waals surface area contributed by atoms with Crippen LogP contribution in [0.3, 0.4) is 0 Å². The highest BCUT2D eigenvalue weighted by molar-refractivity contribution is 6.38. The summed E-state index contributed by atoms with van der Waals surface area (Å²) in [5.74, 6) is -7.11. The van der Waals surface area contributed by atoms with Gasteiger partial charge in [0, 0.05) is 53.9 Å². The Bertz CT molecular complexity index is 4360. The Labute approximate surface area is 676 Å². The van der Waals surface area contributed by atoms with Gasteiger partial charge >= 0.3 is 11.9 Å². The maximum atomic E-state index is 14.2. The van der Waals surface area contributed by atoms with Gasteiger partial charge in [-0.1, -0.05) is 174 Å². The van der Waals surface area contributed by atoms with Gasteiger partial charge < -0.3 is 76.4 Å². The van der Waals surface area contributed by atoms with Gasteiger partial charge in [0.15, 0.2) is 18.3 Å². The van der Waals surface area contributed by atoms with Gasteiger partial charge in [0.05, 0.1) is 25.2 Å². The fourth-order valence-corrected chi connectivity index (χ4v) is 14.5. The van der Waals surface area contributed by atoms with Crippen molar-refractivity contribution in [2.45, 2.75) is 197 Å². The van der Waals surface area contributed by atoms with Gasteiger partial charge in [-0.3, -0.25) is 52.7 Å². The number of Topliss-reactive ketones (excluding diaryl/α,β-unsaturated/α-hetero) is 1. The second-order valence-corrected chi connectivity index (χ2v) is 30.2. The average Bonchev–Trinajstić information content (AvgIpc) is 1.20. The number of hydrogen-bond acceptors (Lipinski definition) is 18. The third-order valence-electron chi connectivity index (χ3n) is 20.8. The molecule has 4 heterocycles. The number of hydrogen-bond donors (Lipinski definition) is 9. The van der Waals surface area contributed by atoms with Crippen LogP contribution in [0.5, 0.6) is 23.0 Å². The van der Waals surface area contributed by atoms with Gasteiger partial charge in [-0.2, -0.15) is 0 Å². The number of benzene rings is 6. The van der Waals surface area contributed by atoms with E-state index >= 15 is 0 Å². The molecular formula is C88H108N10O18. The first-order chi connectivity index (χ1) is 55.8. The summed E-state index contributed by atoms with van der Waals surface area (Å²) < 4.78 is 24.1. The highest BCUT2D eigenvalue weighted by Gasteiger charge is 2.40. The number of nitrogens with zero attached hydrogens (tertiary/aromatic N) is 2. The molecule has 0 aromatic heterocycles. The molecule has 2 saturated carbocycles. The van der Waals surface area contributed by atoms with Gasteiger partial charge in [-0.15, -0.1) is 0 Å². The lowest BCUT2D eigenvalue weighted by molar-refractivity contribution is -0.161. The summed E-state index contributed by atoms with van der Waals surface area (Å²) in [6, 6.07) is 39.7. The molecule has 12 rings (SSSR count). The molecule has 3 unspecified atom stereocenters. The van der Waals surface area contributed by atoms with Crippen LogP contribution in [0.2, 0.25) is 0 Å². The molecule has 10 amide bonds. The number of nitrogens with one attached hydrogen (secondary N) is 8. The quantitative estimate of drug-likeness (QED) is 0.0209. The molecule has 4 aliphatic heterocycles. The van der Waals surface area contributed by atoms with Crippen molar-refractivity contribution in [3.63, 3.8) is 0 Å². The normalized spacial score (nSPS) is 18.9. The number of amides is 10. The highest BCUT2D eigenvalue weighted by Crippen LogP contribution is 2.32. The predicted molar refractivity (Wildman–Crippen MR) is 429 cm³/mol. The lowest BCUT2D eigenvalue weighted by Crippen LogP contribution is -2.55. The number of ketones is 1. The molecular weight excluding hydrogens is 1490 g/mol. The average molecular weight is 1590 g/mol. The van der Waals surface area contributed by atoms with Crippen molar-refractivity contribution in [3.8, 4) is 23.0 Å². The first-order valence-corrected chi connectivity index (χ1v) is 40.0. The van der Waals surface area contributed by atoms with Crippen molar-refractivity contribution in [1.82, 2.24) is 52.3 Å². The van der Waals surface area contributed by atoms with E-state index in [2.05, 4.69) is 42.5 Å². The van der Waals surface area contributed by atoms with E-state index in [9.17, 15) is 67.4 Å². The number of aryl methyl sites for hydroxylation is 2. The highest BCUT2D eigenvalue weighted by atomic mass is 16.6. The van der Waals surface area contributed by atoms with E-state index in [1.54, 1.807) is 144 Å². The molecule has 0 spiro atoms. The summed E-state index contributed by atoms with van der Waals surface area (Å²) in [5.41, 5.74) is 4.15. The lowest BCUT2D eigenvalue weighted by atomic mass is 9.83. The molecule has 618 valence electrons. The van der Waals surface area contributed by atoms with E-state index < -0.39 is 127 Å². The summed E-state index contributed by atoms with van der Waals surface area (Å²) in [5, 5.41) is 32.4.